The number of aliphatic hydroxyl groups is 4. The quantitative estimate of drug-likeness (QED) is 0.0329. The second-order valence-corrected chi connectivity index (χ2v) is 14.3. The van der Waals surface area contributed by atoms with Gasteiger partial charge in [0.15, 0.2) is 0 Å². The number of nitrogens with one attached hydrogen (secondary N) is 1. The summed E-state index contributed by atoms with van der Waals surface area (Å²) in [6.07, 6.45) is 43.3. The van der Waals surface area contributed by atoms with E-state index in [1.54, 1.807) is 0 Å². The van der Waals surface area contributed by atoms with Gasteiger partial charge in [-0.2, -0.15) is 0 Å². The van der Waals surface area contributed by atoms with Crippen LogP contribution >= 0.6 is 0 Å². The first-order valence-corrected chi connectivity index (χ1v) is 20.9. The molecule has 0 fully saturated rings. The van der Waals surface area contributed by atoms with Crippen molar-refractivity contribution in [2.45, 2.75) is 224 Å². The summed E-state index contributed by atoms with van der Waals surface area (Å²) in [7, 11) is 0. The largest absolute Gasteiger partial charge is 0.394 e. The van der Waals surface area contributed by atoms with Gasteiger partial charge < -0.3 is 25.7 Å². The molecule has 4 atom stereocenters. The van der Waals surface area contributed by atoms with Gasteiger partial charge in [0.05, 0.1) is 18.8 Å². The molecule has 0 radical (unpaired) electrons. The molecular formula is C43H81NO5. The van der Waals surface area contributed by atoms with E-state index in [-0.39, 0.29) is 0 Å². The second-order valence-electron chi connectivity index (χ2n) is 14.3. The van der Waals surface area contributed by atoms with Crippen LogP contribution in [-0.2, 0) is 4.79 Å². The molecule has 5 N–H and O–H groups in total. The molecule has 0 heterocycles. The Morgan fingerprint density at radius 3 is 1.37 bits per heavy atom. The topological polar surface area (TPSA) is 110 Å². The highest BCUT2D eigenvalue weighted by atomic mass is 16.3. The zero-order valence-electron chi connectivity index (χ0n) is 32.2. The van der Waals surface area contributed by atoms with Crippen LogP contribution in [0, 0.1) is 0 Å². The molecule has 288 valence electrons. The fraction of sp³-hybridized carbons (Fsp3) is 0.837. The number of carbonyl (C=O) groups is 1. The fourth-order valence-corrected chi connectivity index (χ4v) is 6.19. The highest BCUT2D eigenvalue weighted by molar-refractivity contribution is 5.80. The maximum atomic E-state index is 12.5. The first-order valence-electron chi connectivity index (χ1n) is 20.9. The van der Waals surface area contributed by atoms with Gasteiger partial charge in [-0.25, -0.2) is 0 Å². The highest BCUT2D eigenvalue weighted by Gasteiger charge is 2.28. The predicted octanol–water partition coefficient (Wildman–Crippen LogP) is 10.6. The molecule has 0 bridgehead atoms. The van der Waals surface area contributed by atoms with Gasteiger partial charge in [-0.05, 0) is 70.6 Å². The number of aliphatic hydroxyl groups excluding tert-OH is 4. The Morgan fingerprint density at radius 2 is 0.898 bits per heavy atom. The van der Waals surface area contributed by atoms with Gasteiger partial charge in [0, 0.05) is 0 Å². The van der Waals surface area contributed by atoms with Gasteiger partial charge in [0.1, 0.15) is 12.2 Å². The van der Waals surface area contributed by atoms with E-state index >= 15 is 0 Å². The summed E-state index contributed by atoms with van der Waals surface area (Å²) in [4.78, 5) is 12.5. The van der Waals surface area contributed by atoms with E-state index in [1.165, 1.54) is 122 Å². The molecule has 0 aromatic rings. The average Bonchev–Trinajstić information content (AvgIpc) is 3.11. The summed E-state index contributed by atoms with van der Waals surface area (Å²) in [5, 5.41) is 43.4. The van der Waals surface area contributed by atoms with Crippen LogP contribution in [0.1, 0.15) is 200 Å². The third-order valence-corrected chi connectivity index (χ3v) is 9.53. The number of carbonyl (C=O) groups excluding carboxylic acids is 1. The van der Waals surface area contributed by atoms with Crippen LogP contribution in [0.3, 0.4) is 0 Å². The lowest BCUT2D eigenvalue weighted by Gasteiger charge is -2.27. The molecule has 0 saturated carbocycles. The average molecular weight is 692 g/mol. The Kier molecular flexibility index (Phi) is 36.6. The van der Waals surface area contributed by atoms with E-state index in [0.29, 0.717) is 19.3 Å². The number of hydrogen-bond donors (Lipinski definition) is 5. The summed E-state index contributed by atoms with van der Waals surface area (Å²) in [6.45, 7) is 3.94. The third-order valence-electron chi connectivity index (χ3n) is 9.53. The smallest absolute Gasteiger partial charge is 0.249 e. The molecular weight excluding hydrogens is 610 g/mol. The van der Waals surface area contributed by atoms with E-state index in [4.69, 9.17) is 0 Å². The van der Waals surface area contributed by atoms with Crippen molar-refractivity contribution in [3.05, 3.63) is 36.5 Å². The van der Waals surface area contributed by atoms with Crippen molar-refractivity contribution < 1.29 is 25.2 Å². The Bertz CT molecular complexity index is 782. The SMILES string of the molecule is CCC/C=C/CC/C=C/CCCC(O)C(O)C(CO)NC(=O)C(O)CCCCCCCCC/C=C\CCCCCCCCCCCCCC. The normalized spacial score (nSPS) is 14.7. The number of allylic oxidation sites excluding steroid dienone is 6. The van der Waals surface area contributed by atoms with Gasteiger partial charge in [0.25, 0.3) is 0 Å². The van der Waals surface area contributed by atoms with E-state index in [2.05, 4.69) is 55.6 Å². The predicted molar refractivity (Wildman–Crippen MR) is 210 cm³/mol. The summed E-state index contributed by atoms with van der Waals surface area (Å²) in [5.41, 5.74) is 0. The van der Waals surface area contributed by atoms with Gasteiger partial charge in [-0.15, -0.1) is 0 Å². The van der Waals surface area contributed by atoms with Crippen molar-refractivity contribution in [3.63, 3.8) is 0 Å². The summed E-state index contributed by atoms with van der Waals surface area (Å²) < 4.78 is 0. The molecule has 0 aromatic carbocycles. The molecule has 0 spiro atoms. The van der Waals surface area contributed by atoms with E-state index in [9.17, 15) is 25.2 Å². The second kappa shape index (κ2) is 37.8. The minimum atomic E-state index is -1.29. The van der Waals surface area contributed by atoms with E-state index in [0.717, 1.165) is 44.9 Å². The Hall–Kier alpha value is -1.47. The van der Waals surface area contributed by atoms with Crippen LogP contribution < -0.4 is 5.32 Å². The minimum Gasteiger partial charge on any atom is -0.394 e. The van der Waals surface area contributed by atoms with Crippen LogP contribution in [-0.4, -0.2) is 57.3 Å². The van der Waals surface area contributed by atoms with Crippen molar-refractivity contribution in [2.24, 2.45) is 0 Å². The third kappa shape index (κ3) is 32.2. The standard InChI is InChI=1S/C43H81NO5/c1-3-5-7-9-11-13-15-16-17-18-19-20-21-22-23-24-25-26-27-29-31-33-35-37-41(47)43(49)44-39(38-45)42(48)40(46)36-34-32-30-28-14-12-10-8-6-4-2/h8,10,22-23,28,30,39-42,45-48H,3-7,9,11-21,24-27,29,31-38H2,1-2H3,(H,44,49)/b10-8+,23-22-,30-28+. The van der Waals surface area contributed by atoms with Crippen molar-refractivity contribution >= 4 is 5.91 Å². The molecule has 0 aromatic heterocycles. The monoisotopic (exact) mass is 692 g/mol. The molecule has 1 amide bonds. The molecule has 0 aliphatic carbocycles. The Morgan fingerprint density at radius 1 is 0.490 bits per heavy atom. The zero-order valence-corrected chi connectivity index (χ0v) is 32.2. The van der Waals surface area contributed by atoms with Crippen molar-refractivity contribution in [3.8, 4) is 0 Å². The van der Waals surface area contributed by atoms with Gasteiger partial charge >= 0.3 is 0 Å². The molecule has 4 unspecified atom stereocenters. The first kappa shape index (κ1) is 47.5. The summed E-state index contributed by atoms with van der Waals surface area (Å²) in [5.74, 6) is -0.604. The maximum Gasteiger partial charge on any atom is 0.249 e. The molecule has 0 aliphatic heterocycles. The molecule has 0 rings (SSSR count). The van der Waals surface area contributed by atoms with E-state index in [1.807, 2.05) is 0 Å². The maximum absolute atomic E-state index is 12.5. The van der Waals surface area contributed by atoms with Crippen LogP contribution in [0.2, 0.25) is 0 Å². The zero-order chi connectivity index (χ0) is 36.0. The van der Waals surface area contributed by atoms with Crippen molar-refractivity contribution in [1.82, 2.24) is 5.32 Å². The highest BCUT2D eigenvalue weighted by Crippen LogP contribution is 2.15. The minimum absolute atomic E-state index is 0.355. The molecule has 49 heavy (non-hydrogen) atoms. The number of unbranched alkanes of at least 4 members (excludes halogenated alkanes) is 22. The molecule has 6 heteroatoms. The van der Waals surface area contributed by atoms with Crippen molar-refractivity contribution in [1.29, 1.82) is 0 Å². The number of hydrogen-bond acceptors (Lipinski definition) is 5. The van der Waals surface area contributed by atoms with Gasteiger partial charge in [-0.3, -0.25) is 4.79 Å². The van der Waals surface area contributed by atoms with Crippen LogP contribution in [0.5, 0.6) is 0 Å². The van der Waals surface area contributed by atoms with Crippen LogP contribution in [0.25, 0.3) is 0 Å². The lowest BCUT2D eigenvalue weighted by Crippen LogP contribution is -2.53. The molecule has 0 saturated heterocycles. The summed E-state index contributed by atoms with van der Waals surface area (Å²) in [6, 6.07) is -1.01. The fourth-order valence-electron chi connectivity index (χ4n) is 6.19. The van der Waals surface area contributed by atoms with Crippen LogP contribution in [0.15, 0.2) is 36.5 Å². The molecule has 6 nitrogen and oxygen atoms in total. The van der Waals surface area contributed by atoms with Crippen molar-refractivity contribution in [2.75, 3.05) is 6.61 Å². The molecule has 0 aliphatic rings. The number of rotatable bonds is 37. The lowest BCUT2D eigenvalue weighted by molar-refractivity contribution is -0.132. The Balaban J connectivity index is 3.73. The Labute approximate surface area is 303 Å². The number of amides is 1. The van der Waals surface area contributed by atoms with E-state index < -0.39 is 36.9 Å². The van der Waals surface area contributed by atoms with Gasteiger partial charge in [0.2, 0.25) is 5.91 Å². The van der Waals surface area contributed by atoms with Gasteiger partial charge in [-0.1, -0.05) is 166 Å². The first-order chi connectivity index (χ1) is 24.0. The summed E-state index contributed by atoms with van der Waals surface area (Å²) >= 11 is 0. The van der Waals surface area contributed by atoms with Crippen LogP contribution in [0.4, 0.5) is 0 Å². The lowest BCUT2D eigenvalue weighted by atomic mass is 10.00.